The number of H-pyrrole nitrogens is 1. The minimum Gasteiger partial charge on any atom is -0.358 e. The first-order valence-electron chi connectivity index (χ1n) is 5.39. The molecule has 0 radical (unpaired) electrons. The lowest BCUT2D eigenvalue weighted by Crippen LogP contribution is -2.12. The summed E-state index contributed by atoms with van der Waals surface area (Å²) in [7, 11) is 2.00. The lowest BCUT2D eigenvalue weighted by molar-refractivity contribution is 0.653. The standard InChI is InChI=1S/C13H18N2/c1-8-5-6-12-11(7-8)13(9(2)14-4)10(3)15-12/h5-7,9,14-15H,1-4H3. The first-order chi connectivity index (χ1) is 7.13. The van der Waals surface area contributed by atoms with Gasteiger partial charge in [-0.1, -0.05) is 11.6 Å². The van der Waals surface area contributed by atoms with Gasteiger partial charge >= 0.3 is 0 Å². The highest BCUT2D eigenvalue weighted by atomic mass is 14.9. The van der Waals surface area contributed by atoms with Crippen LogP contribution in [0.5, 0.6) is 0 Å². The molecule has 1 unspecified atom stereocenters. The van der Waals surface area contributed by atoms with E-state index in [2.05, 4.69) is 49.3 Å². The van der Waals surface area contributed by atoms with E-state index in [9.17, 15) is 0 Å². The summed E-state index contributed by atoms with van der Waals surface area (Å²) < 4.78 is 0. The molecule has 0 saturated carbocycles. The molecule has 80 valence electrons. The molecule has 1 heterocycles. The summed E-state index contributed by atoms with van der Waals surface area (Å²) in [6, 6.07) is 6.94. The third kappa shape index (κ3) is 1.65. The van der Waals surface area contributed by atoms with Crippen LogP contribution in [0.2, 0.25) is 0 Å². The van der Waals surface area contributed by atoms with Gasteiger partial charge < -0.3 is 10.3 Å². The monoisotopic (exact) mass is 202 g/mol. The number of aromatic amines is 1. The number of hydrogen-bond donors (Lipinski definition) is 2. The quantitative estimate of drug-likeness (QED) is 0.769. The number of fused-ring (bicyclic) bond motifs is 1. The average molecular weight is 202 g/mol. The SMILES string of the molecule is CNC(C)c1c(C)[nH]c2ccc(C)cc12. The van der Waals surface area contributed by atoms with E-state index in [0.717, 1.165) is 0 Å². The topological polar surface area (TPSA) is 27.8 Å². The third-order valence-electron chi connectivity index (χ3n) is 3.06. The number of aromatic nitrogens is 1. The molecular formula is C13H18N2. The zero-order valence-electron chi connectivity index (χ0n) is 9.81. The number of aryl methyl sites for hydroxylation is 2. The van der Waals surface area contributed by atoms with Gasteiger partial charge in [0.2, 0.25) is 0 Å². The van der Waals surface area contributed by atoms with E-state index in [0.29, 0.717) is 6.04 Å². The molecule has 2 aromatic rings. The Morgan fingerprint density at radius 2 is 2.00 bits per heavy atom. The highest BCUT2D eigenvalue weighted by molar-refractivity contribution is 5.85. The van der Waals surface area contributed by atoms with Crippen LogP contribution in [-0.2, 0) is 0 Å². The maximum atomic E-state index is 3.43. The molecule has 0 spiro atoms. The molecule has 1 atom stereocenters. The highest BCUT2D eigenvalue weighted by Gasteiger charge is 2.13. The van der Waals surface area contributed by atoms with Gasteiger partial charge in [0, 0.05) is 22.6 Å². The van der Waals surface area contributed by atoms with Gasteiger partial charge in [-0.15, -0.1) is 0 Å². The minimum absolute atomic E-state index is 0.389. The fourth-order valence-corrected chi connectivity index (χ4v) is 2.16. The molecule has 1 aromatic heterocycles. The summed E-state index contributed by atoms with van der Waals surface area (Å²) >= 11 is 0. The highest BCUT2D eigenvalue weighted by Crippen LogP contribution is 2.28. The van der Waals surface area contributed by atoms with Crippen LogP contribution in [-0.4, -0.2) is 12.0 Å². The van der Waals surface area contributed by atoms with Crippen LogP contribution in [0.4, 0.5) is 0 Å². The Balaban J connectivity index is 2.70. The Hall–Kier alpha value is -1.28. The first kappa shape index (κ1) is 10.2. The molecule has 0 fully saturated rings. The Bertz CT molecular complexity index is 482. The van der Waals surface area contributed by atoms with Crippen LogP contribution in [0.1, 0.15) is 29.8 Å². The molecule has 0 aliphatic carbocycles. The van der Waals surface area contributed by atoms with Crippen molar-refractivity contribution in [1.29, 1.82) is 0 Å². The van der Waals surface area contributed by atoms with Crippen LogP contribution in [0, 0.1) is 13.8 Å². The lowest BCUT2D eigenvalue weighted by Gasteiger charge is -2.10. The summed E-state index contributed by atoms with van der Waals surface area (Å²) in [6.07, 6.45) is 0. The van der Waals surface area contributed by atoms with Crippen molar-refractivity contribution in [3.05, 3.63) is 35.0 Å². The summed E-state index contributed by atoms with van der Waals surface area (Å²) in [5.74, 6) is 0. The molecule has 0 amide bonds. The van der Waals surface area contributed by atoms with Gasteiger partial charge in [-0.25, -0.2) is 0 Å². The van der Waals surface area contributed by atoms with Gasteiger partial charge in [0.05, 0.1) is 0 Å². The fourth-order valence-electron chi connectivity index (χ4n) is 2.16. The van der Waals surface area contributed by atoms with Crippen molar-refractivity contribution in [2.45, 2.75) is 26.8 Å². The van der Waals surface area contributed by atoms with E-state index in [-0.39, 0.29) is 0 Å². The summed E-state index contributed by atoms with van der Waals surface area (Å²) in [5, 5.41) is 4.64. The second kappa shape index (κ2) is 3.70. The van der Waals surface area contributed by atoms with E-state index in [4.69, 9.17) is 0 Å². The van der Waals surface area contributed by atoms with E-state index in [1.54, 1.807) is 0 Å². The smallest absolute Gasteiger partial charge is 0.0459 e. The van der Waals surface area contributed by atoms with Crippen molar-refractivity contribution in [1.82, 2.24) is 10.3 Å². The van der Waals surface area contributed by atoms with Crippen LogP contribution in [0.3, 0.4) is 0 Å². The van der Waals surface area contributed by atoms with Gasteiger partial charge in [0.25, 0.3) is 0 Å². The van der Waals surface area contributed by atoms with Gasteiger partial charge in [0.15, 0.2) is 0 Å². The van der Waals surface area contributed by atoms with E-state index in [1.807, 2.05) is 7.05 Å². The Kier molecular flexibility index (Phi) is 2.53. The second-order valence-corrected chi connectivity index (χ2v) is 4.22. The molecule has 0 saturated heterocycles. The van der Waals surface area contributed by atoms with E-state index >= 15 is 0 Å². The summed E-state index contributed by atoms with van der Waals surface area (Å²) in [4.78, 5) is 3.43. The van der Waals surface area contributed by atoms with Crippen molar-refractivity contribution in [3.8, 4) is 0 Å². The molecule has 2 rings (SSSR count). The van der Waals surface area contributed by atoms with Crippen LogP contribution in [0.15, 0.2) is 18.2 Å². The van der Waals surface area contributed by atoms with Crippen molar-refractivity contribution in [2.24, 2.45) is 0 Å². The molecule has 0 bridgehead atoms. The molecule has 15 heavy (non-hydrogen) atoms. The van der Waals surface area contributed by atoms with Crippen molar-refractivity contribution >= 4 is 10.9 Å². The molecular weight excluding hydrogens is 184 g/mol. The van der Waals surface area contributed by atoms with Crippen molar-refractivity contribution < 1.29 is 0 Å². The molecule has 0 aliphatic heterocycles. The second-order valence-electron chi connectivity index (χ2n) is 4.22. The minimum atomic E-state index is 0.389. The zero-order valence-corrected chi connectivity index (χ0v) is 9.81. The van der Waals surface area contributed by atoms with Crippen LogP contribution < -0.4 is 5.32 Å². The normalized spacial score (nSPS) is 13.3. The lowest BCUT2D eigenvalue weighted by atomic mass is 10.0. The number of hydrogen-bond acceptors (Lipinski definition) is 1. The molecule has 2 heteroatoms. The van der Waals surface area contributed by atoms with Gasteiger partial charge in [0.1, 0.15) is 0 Å². The Morgan fingerprint density at radius 1 is 1.27 bits per heavy atom. The van der Waals surface area contributed by atoms with Gasteiger partial charge in [-0.05, 0) is 45.5 Å². The third-order valence-corrected chi connectivity index (χ3v) is 3.06. The zero-order chi connectivity index (χ0) is 11.0. The number of rotatable bonds is 2. The van der Waals surface area contributed by atoms with E-state index in [1.165, 1.54) is 27.7 Å². The maximum absolute atomic E-state index is 3.43. The molecule has 2 nitrogen and oxygen atoms in total. The van der Waals surface area contributed by atoms with Crippen LogP contribution in [0.25, 0.3) is 10.9 Å². The first-order valence-corrected chi connectivity index (χ1v) is 5.39. The molecule has 1 aromatic carbocycles. The average Bonchev–Trinajstić information content (AvgIpc) is 2.52. The van der Waals surface area contributed by atoms with Crippen LogP contribution >= 0.6 is 0 Å². The van der Waals surface area contributed by atoms with Gasteiger partial charge in [-0.2, -0.15) is 0 Å². The predicted octanol–water partition coefficient (Wildman–Crippen LogP) is 3.07. The van der Waals surface area contributed by atoms with Crippen molar-refractivity contribution in [2.75, 3.05) is 7.05 Å². The number of benzene rings is 1. The summed E-state index contributed by atoms with van der Waals surface area (Å²) in [5.41, 5.74) is 5.19. The van der Waals surface area contributed by atoms with Gasteiger partial charge in [-0.3, -0.25) is 0 Å². The largest absolute Gasteiger partial charge is 0.358 e. The fraction of sp³-hybridized carbons (Fsp3) is 0.385. The maximum Gasteiger partial charge on any atom is 0.0459 e. The Morgan fingerprint density at radius 3 is 2.67 bits per heavy atom. The number of nitrogens with one attached hydrogen (secondary N) is 2. The van der Waals surface area contributed by atoms with Crippen molar-refractivity contribution in [3.63, 3.8) is 0 Å². The predicted molar refractivity (Wildman–Crippen MR) is 65.2 cm³/mol. The summed E-state index contributed by atoms with van der Waals surface area (Å²) in [6.45, 7) is 6.46. The Labute approximate surface area is 90.7 Å². The van der Waals surface area contributed by atoms with E-state index < -0.39 is 0 Å². The molecule has 2 N–H and O–H groups in total. The molecule has 0 aliphatic rings.